The van der Waals surface area contributed by atoms with E-state index in [4.69, 9.17) is 0 Å². The first-order valence-electron chi connectivity index (χ1n) is 8.75. The summed E-state index contributed by atoms with van der Waals surface area (Å²) in [6.45, 7) is 2.20. The summed E-state index contributed by atoms with van der Waals surface area (Å²) in [7, 11) is 0. The molecule has 2 heterocycles. The van der Waals surface area contributed by atoms with Crippen LogP contribution in [0.4, 0.5) is 10.1 Å². The number of benzene rings is 2. The maximum absolute atomic E-state index is 13.3. The van der Waals surface area contributed by atoms with Gasteiger partial charge in [-0.2, -0.15) is 0 Å². The summed E-state index contributed by atoms with van der Waals surface area (Å²) in [6, 6.07) is 14.9. The van der Waals surface area contributed by atoms with Crippen molar-refractivity contribution in [2.45, 2.75) is 19.9 Å². The van der Waals surface area contributed by atoms with Gasteiger partial charge in [0, 0.05) is 29.6 Å². The molecule has 0 atom stereocenters. The fourth-order valence-corrected chi connectivity index (χ4v) is 3.41. The number of aromatic nitrogens is 2. The van der Waals surface area contributed by atoms with Crippen molar-refractivity contribution in [2.24, 2.45) is 0 Å². The molecule has 1 aliphatic heterocycles. The maximum Gasteiger partial charge on any atom is 0.254 e. The van der Waals surface area contributed by atoms with Crippen LogP contribution in [-0.4, -0.2) is 22.0 Å². The number of hydrogen-bond donors (Lipinski definition) is 0. The van der Waals surface area contributed by atoms with Gasteiger partial charge >= 0.3 is 0 Å². The Morgan fingerprint density at radius 2 is 1.89 bits per heavy atom. The lowest BCUT2D eigenvalue weighted by molar-refractivity contribution is -0.119. The van der Waals surface area contributed by atoms with Gasteiger partial charge in [-0.1, -0.05) is 18.2 Å². The first-order chi connectivity index (χ1) is 13.0. The summed E-state index contributed by atoms with van der Waals surface area (Å²) in [5.74, 6) is -0.179. The highest BCUT2D eigenvalue weighted by molar-refractivity contribution is 5.95. The Hall–Kier alpha value is -3.28. The highest BCUT2D eigenvalue weighted by atomic mass is 19.1. The van der Waals surface area contributed by atoms with Gasteiger partial charge in [0.15, 0.2) is 0 Å². The van der Waals surface area contributed by atoms with Crippen LogP contribution >= 0.6 is 0 Å². The van der Waals surface area contributed by atoms with E-state index < -0.39 is 0 Å². The SMILES string of the molecule is Cc1cc(=O)n(CC(=O)N2CCc3ccccc32)c(-c2ccc(F)cc2)n1. The molecule has 136 valence electrons. The Kier molecular flexibility index (Phi) is 4.32. The predicted octanol–water partition coefficient (Wildman–Crippen LogP) is 2.95. The smallest absolute Gasteiger partial charge is 0.254 e. The van der Waals surface area contributed by atoms with Gasteiger partial charge in [0.1, 0.15) is 18.2 Å². The number of amides is 1. The number of nitrogens with zero attached hydrogens (tertiary/aromatic N) is 3. The molecule has 1 amide bonds. The highest BCUT2D eigenvalue weighted by Crippen LogP contribution is 2.28. The van der Waals surface area contributed by atoms with Gasteiger partial charge < -0.3 is 4.90 Å². The van der Waals surface area contributed by atoms with Crippen molar-refractivity contribution < 1.29 is 9.18 Å². The molecule has 0 spiro atoms. The lowest BCUT2D eigenvalue weighted by atomic mass is 10.2. The van der Waals surface area contributed by atoms with Crippen LogP contribution in [0.15, 0.2) is 59.4 Å². The second-order valence-corrected chi connectivity index (χ2v) is 6.58. The number of para-hydroxylation sites is 1. The van der Waals surface area contributed by atoms with Crippen molar-refractivity contribution in [2.75, 3.05) is 11.4 Å². The topological polar surface area (TPSA) is 55.2 Å². The molecule has 0 fully saturated rings. The van der Waals surface area contributed by atoms with E-state index in [1.807, 2.05) is 24.3 Å². The second-order valence-electron chi connectivity index (χ2n) is 6.58. The normalized spacial score (nSPS) is 12.9. The van der Waals surface area contributed by atoms with E-state index in [0.717, 1.165) is 17.7 Å². The van der Waals surface area contributed by atoms with Gasteiger partial charge in [-0.25, -0.2) is 9.37 Å². The Morgan fingerprint density at radius 3 is 2.67 bits per heavy atom. The molecule has 0 radical (unpaired) electrons. The number of halogens is 1. The van der Waals surface area contributed by atoms with Gasteiger partial charge in [0.2, 0.25) is 5.91 Å². The van der Waals surface area contributed by atoms with Crippen LogP contribution < -0.4 is 10.5 Å². The molecule has 0 unspecified atom stereocenters. The number of rotatable bonds is 3. The van der Waals surface area contributed by atoms with Crippen LogP contribution in [0.5, 0.6) is 0 Å². The average Bonchev–Trinajstić information content (AvgIpc) is 3.08. The summed E-state index contributed by atoms with van der Waals surface area (Å²) < 4.78 is 14.6. The summed E-state index contributed by atoms with van der Waals surface area (Å²) in [4.78, 5) is 31.6. The van der Waals surface area contributed by atoms with Crippen LogP contribution in [-0.2, 0) is 17.8 Å². The molecule has 0 saturated carbocycles. The Morgan fingerprint density at radius 1 is 1.15 bits per heavy atom. The molecule has 2 aromatic carbocycles. The van der Waals surface area contributed by atoms with Crippen molar-refractivity contribution in [1.29, 1.82) is 0 Å². The molecule has 0 N–H and O–H groups in total. The third-order valence-corrected chi connectivity index (χ3v) is 4.72. The number of aryl methyl sites for hydroxylation is 1. The molecule has 1 aliphatic rings. The van der Waals surface area contributed by atoms with Crippen molar-refractivity contribution >= 4 is 11.6 Å². The van der Waals surface area contributed by atoms with Crippen molar-refractivity contribution in [3.63, 3.8) is 0 Å². The fourth-order valence-electron chi connectivity index (χ4n) is 3.41. The van der Waals surface area contributed by atoms with Gasteiger partial charge in [0.25, 0.3) is 5.56 Å². The highest BCUT2D eigenvalue weighted by Gasteiger charge is 2.25. The second kappa shape index (κ2) is 6.79. The summed E-state index contributed by atoms with van der Waals surface area (Å²) in [5.41, 5.74) is 2.85. The van der Waals surface area contributed by atoms with Crippen LogP contribution in [0, 0.1) is 12.7 Å². The molecule has 1 aromatic heterocycles. The zero-order valence-electron chi connectivity index (χ0n) is 14.9. The van der Waals surface area contributed by atoms with Crippen LogP contribution in [0.1, 0.15) is 11.3 Å². The maximum atomic E-state index is 13.3. The number of anilines is 1. The number of carbonyl (C=O) groups is 1. The molecule has 3 aromatic rings. The van der Waals surface area contributed by atoms with Crippen LogP contribution in [0.25, 0.3) is 11.4 Å². The van der Waals surface area contributed by atoms with Gasteiger partial charge in [-0.05, 0) is 49.2 Å². The Bertz CT molecular complexity index is 1070. The first-order valence-corrected chi connectivity index (χ1v) is 8.75. The number of hydrogen-bond acceptors (Lipinski definition) is 3. The predicted molar refractivity (Wildman–Crippen MR) is 101 cm³/mol. The largest absolute Gasteiger partial charge is 0.310 e. The first kappa shape index (κ1) is 17.1. The molecular weight excluding hydrogens is 345 g/mol. The van der Waals surface area contributed by atoms with Gasteiger partial charge in [-0.15, -0.1) is 0 Å². The molecular formula is C21H18FN3O2. The molecule has 0 bridgehead atoms. The van der Waals surface area contributed by atoms with Crippen molar-refractivity contribution in [1.82, 2.24) is 9.55 Å². The molecule has 5 nitrogen and oxygen atoms in total. The molecule has 0 aliphatic carbocycles. The number of fused-ring (bicyclic) bond motifs is 1. The Balaban J connectivity index is 1.71. The van der Waals surface area contributed by atoms with Gasteiger partial charge in [0.05, 0.1) is 0 Å². The molecule has 0 saturated heterocycles. The van der Waals surface area contributed by atoms with E-state index >= 15 is 0 Å². The summed E-state index contributed by atoms with van der Waals surface area (Å²) >= 11 is 0. The number of carbonyl (C=O) groups excluding carboxylic acids is 1. The van der Waals surface area contributed by atoms with Crippen molar-refractivity contribution in [3.05, 3.63) is 82.0 Å². The van der Waals surface area contributed by atoms with Gasteiger partial charge in [-0.3, -0.25) is 14.2 Å². The van der Waals surface area contributed by atoms with E-state index in [0.29, 0.717) is 23.6 Å². The van der Waals surface area contributed by atoms with E-state index in [2.05, 4.69) is 4.98 Å². The standard InChI is InChI=1S/C21H18FN3O2/c1-14-12-19(26)25(21(23-14)16-6-8-17(22)9-7-16)13-20(27)24-11-10-15-4-2-3-5-18(15)24/h2-9,12H,10-11,13H2,1H3. The molecule has 27 heavy (non-hydrogen) atoms. The van der Waals surface area contributed by atoms with Crippen LogP contribution in [0.2, 0.25) is 0 Å². The van der Waals surface area contributed by atoms with Crippen molar-refractivity contribution in [3.8, 4) is 11.4 Å². The summed E-state index contributed by atoms with van der Waals surface area (Å²) in [6.07, 6.45) is 0.799. The van der Waals surface area contributed by atoms with E-state index in [-0.39, 0.29) is 23.8 Å². The zero-order valence-corrected chi connectivity index (χ0v) is 14.9. The van der Waals surface area contributed by atoms with E-state index in [1.54, 1.807) is 24.0 Å². The third kappa shape index (κ3) is 3.26. The molecule has 4 rings (SSSR count). The minimum atomic E-state index is -0.370. The minimum absolute atomic E-state index is 0.118. The molecule has 6 heteroatoms. The summed E-state index contributed by atoms with van der Waals surface area (Å²) in [5, 5.41) is 0. The van der Waals surface area contributed by atoms with E-state index in [1.165, 1.54) is 22.8 Å². The minimum Gasteiger partial charge on any atom is -0.310 e. The lowest BCUT2D eigenvalue weighted by Crippen LogP contribution is -2.36. The quantitative estimate of drug-likeness (QED) is 0.719. The average molecular weight is 363 g/mol. The Labute approximate surface area is 155 Å². The fraction of sp³-hybridized carbons (Fsp3) is 0.190. The van der Waals surface area contributed by atoms with Crippen LogP contribution in [0.3, 0.4) is 0 Å². The third-order valence-electron chi connectivity index (χ3n) is 4.72. The monoisotopic (exact) mass is 363 g/mol. The van der Waals surface area contributed by atoms with E-state index in [9.17, 15) is 14.0 Å². The lowest BCUT2D eigenvalue weighted by Gasteiger charge is -2.19. The zero-order chi connectivity index (χ0) is 19.0.